The zero-order valence-electron chi connectivity index (χ0n) is 17.7. The number of nitrogens with zero attached hydrogens (tertiary/aromatic N) is 2. The number of nitriles is 1. The quantitative estimate of drug-likeness (QED) is 0.251. The van der Waals surface area contributed by atoms with E-state index in [2.05, 4.69) is 0 Å². The fourth-order valence-electron chi connectivity index (χ4n) is 3.50. The molecule has 1 aliphatic carbocycles. The van der Waals surface area contributed by atoms with Crippen molar-refractivity contribution < 1.29 is 24.0 Å². The number of hydrogen-bond acceptors (Lipinski definition) is 7. The molecule has 0 heterocycles. The molecule has 1 aromatic rings. The van der Waals surface area contributed by atoms with Crippen LogP contribution in [0.25, 0.3) is 0 Å². The summed E-state index contributed by atoms with van der Waals surface area (Å²) in [5.74, 6) is -2.90. The Balaban J connectivity index is 2.59. The minimum absolute atomic E-state index is 0.00260. The number of halogens is 1. The third kappa shape index (κ3) is 4.94. The SMILES string of the molecule is CCOC(=O)C(C(=O)C(C)(C)C1C=C(OC)C(Cl)=CC1)c1ccc(C#N)cc1[N+](=O)[O-]. The molecule has 0 saturated carbocycles. The van der Waals surface area contributed by atoms with Gasteiger partial charge in [0.1, 0.15) is 11.7 Å². The summed E-state index contributed by atoms with van der Waals surface area (Å²) in [6.07, 6.45) is 3.87. The van der Waals surface area contributed by atoms with Crippen molar-refractivity contribution in [2.24, 2.45) is 11.3 Å². The maximum atomic E-state index is 13.7. The number of Topliss-reactive ketones (excluding diaryl/α,β-unsaturated/α-hetero) is 1. The number of carbonyl (C=O) groups excluding carboxylic acids is 2. The highest BCUT2D eigenvalue weighted by molar-refractivity contribution is 6.31. The van der Waals surface area contributed by atoms with E-state index in [0.717, 1.165) is 6.07 Å². The number of benzene rings is 1. The van der Waals surface area contributed by atoms with E-state index >= 15 is 0 Å². The Hall–Kier alpha value is -3.18. The summed E-state index contributed by atoms with van der Waals surface area (Å²) in [4.78, 5) is 37.4. The lowest BCUT2D eigenvalue weighted by molar-refractivity contribution is -0.385. The van der Waals surface area contributed by atoms with Gasteiger partial charge in [0.2, 0.25) is 0 Å². The second kappa shape index (κ2) is 9.75. The molecule has 2 unspecified atom stereocenters. The predicted molar refractivity (Wildman–Crippen MR) is 113 cm³/mol. The van der Waals surface area contributed by atoms with Crippen molar-refractivity contribution in [3.8, 4) is 6.07 Å². The minimum Gasteiger partial charge on any atom is -0.496 e. The number of hydrogen-bond donors (Lipinski definition) is 0. The number of allylic oxidation sites excluding steroid dienone is 3. The largest absolute Gasteiger partial charge is 0.496 e. The standard InChI is InChI=1S/C22H23ClN2O6/c1-5-31-21(27)19(15-8-6-13(12-24)10-17(15)25(28)29)20(26)22(2,3)14-7-9-16(23)18(11-14)30-4/h6,8-11,14,19H,5,7H2,1-4H3. The third-order valence-electron chi connectivity index (χ3n) is 5.37. The van der Waals surface area contributed by atoms with E-state index in [1.807, 2.05) is 6.07 Å². The van der Waals surface area contributed by atoms with Gasteiger partial charge in [-0.15, -0.1) is 0 Å². The monoisotopic (exact) mass is 446 g/mol. The van der Waals surface area contributed by atoms with Gasteiger partial charge in [0, 0.05) is 11.5 Å². The zero-order valence-corrected chi connectivity index (χ0v) is 18.4. The molecule has 0 saturated heterocycles. The van der Waals surface area contributed by atoms with Gasteiger partial charge in [0.15, 0.2) is 5.78 Å². The predicted octanol–water partition coefficient (Wildman–Crippen LogP) is 4.38. The fraction of sp³-hybridized carbons (Fsp3) is 0.409. The zero-order chi connectivity index (χ0) is 23.3. The minimum atomic E-state index is -1.52. The van der Waals surface area contributed by atoms with Crippen LogP contribution in [-0.2, 0) is 19.1 Å². The molecule has 1 aliphatic rings. The number of nitro groups is 1. The van der Waals surface area contributed by atoms with E-state index in [-0.39, 0.29) is 23.7 Å². The Morgan fingerprint density at radius 2 is 2.10 bits per heavy atom. The summed E-state index contributed by atoms with van der Waals surface area (Å²) in [5.41, 5.74) is -1.66. The maximum absolute atomic E-state index is 13.7. The molecule has 8 nitrogen and oxygen atoms in total. The number of esters is 1. The fourth-order valence-corrected chi connectivity index (χ4v) is 3.73. The molecule has 0 radical (unpaired) electrons. The van der Waals surface area contributed by atoms with Crippen molar-refractivity contribution in [1.82, 2.24) is 0 Å². The molecule has 9 heteroatoms. The summed E-state index contributed by atoms with van der Waals surface area (Å²) in [5, 5.41) is 21.2. The van der Waals surface area contributed by atoms with Crippen molar-refractivity contribution in [1.29, 1.82) is 5.26 Å². The van der Waals surface area contributed by atoms with Gasteiger partial charge in [-0.05, 0) is 37.5 Å². The van der Waals surface area contributed by atoms with E-state index < -0.39 is 33.7 Å². The van der Waals surface area contributed by atoms with E-state index in [1.165, 1.54) is 19.2 Å². The Bertz CT molecular complexity index is 1010. The van der Waals surface area contributed by atoms with Crippen LogP contribution in [0.3, 0.4) is 0 Å². The number of methoxy groups -OCH3 is 1. The van der Waals surface area contributed by atoms with Crippen LogP contribution in [0.1, 0.15) is 44.2 Å². The van der Waals surface area contributed by atoms with Gasteiger partial charge in [-0.1, -0.05) is 31.5 Å². The average Bonchev–Trinajstić information content (AvgIpc) is 2.74. The molecule has 0 amide bonds. The van der Waals surface area contributed by atoms with E-state index in [1.54, 1.807) is 32.9 Å². The molecule has 164 valence electrons. The Kier molecular flexibility index (Phi) is 7.58. The van der Waals surface area contributed by atoms with Crippen molar-refractivity contribution in [3.05, 3.63) is 62.4 Å². The van der Waals surface area contributed by atoms with Gasteiger partial charge in [-0.3, -0.25) is 19.7 Å². The lowest BCUT2D eigenvalue weighted by atomic mass is 9.68. The summed E-state index contributed by atoms with van der Waals surface area (Å²) in [7, 11) is 1.46. The van der Waals surface area contributed by atoms with Gasteiger partial charge in [0.25, 0.3) is 5.69 Å². The number of ether oxygens (including phenoxy) is 2. The van der Waals surface area contributed by atoms with Crippen molar-refractivity contribution >= 4 is 29.0 Å². The highest BCUT2D eigenvalue weighted by Gasteiger charge is 2.46. The molecule has 0 bridgehead atoms. The molecule has 0 fully saturated rings. The summed E-state index contributed by atoms with van der Waals surface area (Å²) < 4.78 is 10.3. The Morgan fingerprint density at radius 3 is 2.65 bits per heavy atom. The van der Waals surface area contributed by atoms with Crippen LogP contribution >= 0.6 is 11.6 Å². The van der Waals surface area contributed by atoms with Gasteiger partial charge in [-0.25, -0.2) is 0 Å². The first-order valence-corrected chi connectivity index (χ1v) is 9.97. The van der Waals surface area contributed by atoms with Crippen LogP contribution in [0.2, 0.25) is 0 Å². The highest BCUT2D eigenvalue weighted by Crippen LogP contribution is 2.43. The van der Waals surface area contributed by atoms with E-state index in [4.69, 9.17) is 26.3 Å². The van der Waals surface area contributed by atoms with Crippen LogP contribution in [0.15, 0.2) is 41.1 Å². The number of rotatable bonds is 8. The van der Waals surface area contributed by atoms with Gasteiger partial charge in [-0.2, -0.15) is 5.26 Å². The molecule has 0 aromatic heterocycles. The summed E-state index contributed by atoms with van der Waals surface area (Å²) >= 11 is 6.12. The molecular weight excluding hydrogens is 424 g/mol. The van der Waals surface area contributed by atoms with Crippen LogP contribution in [-0.4, -0.2) is 30.4 Å². The molecule has 0 N–H and O–H groups in total. The third-order valence-corrected chi connectivity index (χ3v) is 5.71. The molecule has 0 spiro atoms. The molecule has 0 aliphatic heterocycles. The first-order chi connectivity index (χ1) is 14.6. The van der Waals surface area contributed by atoms with Crippen LogP contribution < -0.4 is 0 Å². The van der Waals surface area contributed by atoms with Crippen LogP contribution in [0.4, 0.5) is 5.69 Å². The Labute approximate surface area is 185 Å². The van der Waals surface area contributed by atoms with E-state index in [9.17, 15) is 19.7 Å². The number of ketones is 1. The highest BCUT2D eigenvalue weighted by atomic mass is 35.5. The number of carbonyl (C=O) groups is 2. The van der Waals surface area contributed by atoms with Crippen LogP contribution in [0, 0.1) is 32.8 Å². The smallest absolute Gasteiger partial charge is 0.321 e. The van der Waals surface area contributed by atoms with Crippen molar-refractivity contribution in [2.75, 3.05) is 13.7 Å². The molecule has 2 atom stereocenters. The topological polar surface area (TPSA) is 120 Å². The first-order valence-electron chi connectivity index (χ1n) is 9.59. The lowest BCUT2D eigenvalue weighted by Crippen LogP contribution is -2.40. The molecule has 2 rings (SSSR count). The second-order valence-corrected chi connectivity index (χ2v) is 7.95. The molecular formula is C22H23ClN2O6. The van der Waals surface area contributed by atoms with Crippen molar-refractivity contribution in [2.45, 2.75) is 33.1 Å². The van der Waals surface area contributed by atoms with Crippen molar-refractivity contribution in [3.63, 3.8) is 0 Å². The van der Waals surface area contributed by atoms with Gasteiger partial charge >= 0.3 is 5.97 Å². The van der Waals surface area contributed by atoms with Gasteiger partial charge < -0.3 is 9.47 Å². The molecule has 1 aromatic carbocycles. The first kappa shape index (κ1) is 24.1. The molecule has 31 heavy (non-hydrogen) atoms. The lowest BCUT2D eigenvalue weighted by Gasteiger charge is -2.34. The number of nitro benzene ring substituents is 1. The Morgan fingerprint density at radius 1 is 1.42 bits per heavy atom. The summed E-state index contributed by atoms with van der Waals surface area (Å²) in [6, 6.07) is 5.47. The second-order valence-electron chi connectivity index (χ2n) is 7.54. The maximum Gasteiger partial charge on any atom is 0.321 e. The van der Waals surface area contributed by atoms with Crippen LogP contribution in [0.5, 0.6) is 0 Å². The van der Waals surface area contributed by atoms with E-state index in [0.29, 0.717) is 17.2 Å². The normalized spacial score (nSPS) is 17.0. The average molecular weight is 447 g/mol. The van der Waals surface area contributed by atoms with Gasteiger partial charge in [0.05, 0.1) is 40.9 Å². The summed E-state index contributed by atoms with van der Waals surface area (Å²) in [6.45, 7) is 4.92.